The van der Waals surface area contributed by atoms with Crippen LogP contribution in [0.25, 0.3) is 5.01 Å². The fraction of sp³-hybridized carbons (Fsp3) is 0.857. The number of fused-ring (bicyclic) bond motifs is 2. The normalized spacial score (nSPS) is 32.5. The number of carbonyl (C=O) groups excluding carboxylic acids is 1. The lowest BCUT2D eigenvalue weighted by Crippen LogP contribution is -2.52. The van der Waals surface area contributed by atoms with Crippen LogP contribution in [-0.4, -0.2) is 43.3 Å². The Labute approximate surface area is 118 Å². The van der Waals surface area contributed by atoms with Crippen LogP contribution >= 0.6 is 0 Å². The summed E-state index contributed by atoms with van der Waals surface area (Å²) in [7, 11) is 1.39. The van der Waals surface area contributed by atoms with Gasteiger partial charge in [0, 0.05) is 23.6 Å². The van der Waals surface area contributed by atoms with Crippen molar-refractivity contribution in [2.75, 3.05) is 20.3 Å². The maximum absolute atomic E-state index is 12.4. The summed E-state index contributed by atoms with van der Waals surface area (Å²) in [5.74, 6) is -0.440. The molecule has 0 radical (unpaired) electrons. The summed E-state index contributed by atoms with van der Waals surface area (Å²) in [6.07, 6.45) is 3.68. The van der Waals surface area contributed by atoms with Gasteiger partial charge in [-0.3, -0.25) is 14.1 Å². The van der Waals surface area contributed by atoms with E-state index in [0.717, 1.165) is 19.3 Å². The largest absolute Gasteiger partial charge is 0.498 e. The van der Waals surface area contributed by atoms with Gasteiger partial charge in [0.15, 0.2) is 0 Å². The second-order valence-corrected chi connectivity index (χ2v) is 5.58. The van der Waals surface area contributed by atoms with Crippen molar-refractivity contribution in [3.63, 3.8) is 0 Å². The van der Waals surface area contributed by atoms with E-state index < -0.39 is 0 Å². The average Bonchev–Trinajstić information content (AvgIpc) is 2.74. The van der Waals surface area contributed by atoms with E-state index in [0.29, 0.717) is 25.4 Å². The smallest absolute Gasteiger partial charge is 0.310 e. The monoisotopic (exact) mass is 284 g/mol. The standard InChI is InChI=1S/C14H21FN2O3/c1-20-14(18)13-10(5-7-16-19)9-11-3-4-12(13)17(11)8-2-6-15/h10-13H,2-6,8-9H2,1H3. The van der Waals surface area contributed by atoms with Crippen molar-refractivity contribution in [3.05, 3.63) is 10.2 Å². The van der Waals surface area contributed by atoms with E-state index >= 15 is 0 Å². The quantitative estimate of drug-likeness (QED) is 0.573. The molecule has 2 aliphatic heterocycles. The van der Waals surface area contributed by atoms with Crippen molar-refractivity contribution in [1.82, 2.24) is 4.90 Å². The molecule has 20 heavy (non-hydrogen) atoms. The molecule has 0 amide bonds. The molecule has 0 N–H and O–H groups in total. The lowest BCUT2D eigenvalue weighted by molar-refractivity contribution is -0.152. The number of rotatable bonds is 5. The molecule has 2 bridgehead atoms. The summed E-state index contributed by atoms with van der Waals surface area (Å²) in [6, 6.07) is 2.92. The molecule has 0 spiro atoms. The average molecular weight is 284 g/mol. The molecule has 2 rings (SSSR count). The molecule has 0 aromatic rings. The van der Waals surface area contributed by atoms with Gasteiger partial charge in [-0.15, -0.1) is 0 Å². The molecule has 4 atom stereocenters. The minimum atomic E-state index is -0.334. The van der Waals surface area contributed by atoms with Gasteiger partial charge in [-0.05, 0) is 31.6 Å². The Balaban J connectivity index is 2.15. The number of hydrogen-bond acceptors (Lipinski definition) is 4. The predicted octanol–water partition coefficient (Wildman–Crippen LogP) is 2.21. The molecule has 0 aromatic heterocycles. The highest BCUT2D eigenvalue weighted by molar-refractivity contribution is 5.74. The predicted molar refractivity (Wildman–Crippen MR) is 73.0 cm³/mol. The van der Waals surface area contributed by atoms with Gasteiger partial charge in [0.05, 0.1) is 26.1 Å². The molecule has 2 fully saturated rings. The third-order valence-electron chi connectivity index (χ3n) is 4.63. The molecule has 2 saturated heterocycles. The molecule has 0 aromatic carbocycles. The molecule has 2 heterocycles. The molecular formula is C14H21FN2O3. The number of esters is 1. The Morgan fingerprint density at radius 1 is 1.55 bits per heavy atom. The van der Waals surface area contributed by atoms with Crippen LogP contribution < -0.4 is 0 Å². The van der Waals surface area contributed by atoms with E-state index in [1.165, 1.54) is 7.11 Å². The zero-order valence-electron chi connectivity index (χ0n) is 11.8. The van der Waals surface area contributed by atoms with Gasteiger partial charge < -0.3 is 9.94 Å². The Morgan fingerprint density at radius 2 is 2.35 bits per heavy atom. The number of hydrogen-bond donors (Lipinski definition) is 0. The van der Waals surface area contributed by atoms with Crippen molar-refractivity contribution in [3.8, 4) is 6.07 Å². The number of piperidine rings is 1. The molecule has 5 nitrogen and oxygen atoms in total. The van der Waals surface area contributed by atoms with E-state index in [1.807, 2.05) is 0 Å². The SMILES string of the molecule is COC(=O)C1C(CC#[N+][O-])CC2CCC1N2CCCF. The molecule has 4 unspecified atom stereocenters. The van der Waals surface area contributed by atoms with Gasteiger partial charge in [-0.2, -0.15) is 0 Å². The first-order valence-electron chi connectivity index (χ1n) is 7.17. The minimum absolute atomic E-state index is 0.0549. The van der Waals surface area contributed by atoms with E-state index in [2.05, 4.69) is 16.0 Å². The maximum Gasteiger partial charge on any atom is 0.310 e. The van der Waals surface area contributed by atoms with Crippen LogP contribution in [-0.2, 0) is 9.53 Å². The first kappa shape index (κ1) is 15.0. The van der Waals surface area contributed by atoms with Crippen LogP contribution in [0.5, 0.6) is 0 Å². The summed E-state index contributed by atoms with van der Waals surface area (Å²) in [5, 5.41) is 12.9. The van der Waals surface area contributed by atoms with Crippen LogP contribution in [0.4, 0.5) is 4.39 Å². The van der Waals surface area contributed by atoms with Crippen molar-refractivity contribution < 1.29 is 13.9 Å². The van der Waals surface area contributed by atoms with Crippen molar-refractivity contribution in [2.45, 2.75) is 44.2 Å². The second kappa shape index (κ2) is 6.89. The van der Waals surface area contributed by atoms with Crippen LogP contribution in [0.2, 0.25) is 0 Å². The molecule has 0 saturated carbocycles. The molecule has 0 aliphatic carbocycles. The van der Waals surface area contributed by atoms with Crippen molar-refractivity contribution in [2.24, 2.45) is 11.8 Å². The summed E-state index contributed by atoms with van der Waals surface area (Å²) < 4.78 is 17.3. The highest BCUT2D eigenvalue weighted by Gasteiger charge is 2.50. The zero-order chi connectivity index (χ0) is 14.5. The lowest BCUT2D eigenvalue weighted by Gasteiger charge is -2.42. The van der Waals surface area contributed by atoms with E-state index in [1.54, 1.807) is 0 Å². The van der Waals surface area contributed by atoms with E-state index in [4.69, 9.17) is 4.74 Å². The van der Waals surface area contributed by atoms with Crippen molar-refractivity contribution in [1.29, 1.82) is 0 Å². The van der Waals surface area contributed by atoms with Crippen LogP contribution in [0, 0.1) is 23.1 Å². The fourth-order valence-electron chi connectivity index (χ4n) is 3.86. The van der Waals surface area contributed by atoms with Gasteiger partial charge >= 0.3 is 5.97 Å². The number of nitrogens with zero attached hydrogens (tertiary/aromatic N) is 2. The first-order chi connectivity index (χ1) is 9.72. The highest BCUT2D eigenvalue weighted by Crippen LogP contribution is 2.44. The summed E-state index contributed by atoms with van der Waals surface area (Å²) in [6.45, 7) is 0.351. The third kappa shape index (κ3) is 2.88. The summed E-state index contributed by atoms with van der Waals surface area (Å²) >= 11 is 0. The fourth-order valence-corrected chi connectivity index (χ4v) is 3.86. The van der Waals surface area contributed by atoms with Gasteiger partial charge in [0.2, 0.25) is 0 Å². The van der Waals surface area contributed by atoms with E-state index in [9.17, 15) is 14.4 Å². The number of carbonyl (C=O) groups is 1. The molecular weight excluding hydrogens is 263 g/mol. The Kier molecular flexibility index (Phi) is 5.18. The minimum Gasteiger partial charge on any atom is -0.498 e. The van der Waals surface area contributed by atoms with E-state index in [-0.39, 0.29) is 30.5 Å². The third-order valence-corrected chi connectivity index (χ3v) is 4.63. The second-order valence-electron chi connectivity index (χ2n) is 5.58. The maximum atomic E-state index is 12.4. The highest BCUT2D eigenvalue weighted by atomic mass is 19.1. The van der Waals surface area contributed by atoms with Crippen LogP contribution in [0.3, 0.4) is 0 Å². The van der Waals surface area contributed by atoms with Crippen LogP contribution in [0.1, 0.15) is 32.1 Å². The molecule has 2 aliphatic rings. The van der Waals surface area contributed by atoms with Gasteiger partial charge in [-0.1, -0.05) is 0 Å². The number of methoxy groups -OCH3 is 1. The zero-order valence-corrected chi connectivity index (χ0v) is 11.8. The summed E-state index contributed by atoms with van der Waals surface area (Å²) in [5.41, 5.74) is 0. The van der Waals surface area contributed by atoms with Crippen LogP contribution in [0.15, 0.2) is 0 Å². The van der Waals surface area contributed by atoms with Gasteiger partial charge in [0.25, 0.3) is 6.07 Å². The Bertz CT molecular complexity index is 407. The van der Waals surface area contributed by atoms with Crippen molar-refractivity contribution >= 4 is 5.97 Å². The number of ether oxygens (including phenoxy) is 1. The molecule has 112 valence electrons. The topological polar surface area (TPSA) is 57.0 Å². The Hall–Kier alpha value is -1.35. The summed E-state index contributed by atoms with van der Waals surface area (Å²) in [4.78, 5) is 14.3. The van der Waals surface area contributed by atoms with Gasteiger partial charge in [0.1, 0.15) is 0 Å². The lowest BCUT2D eigenvalue weighted by atomic mass is 9.78. The number of halogens is 1. The Morgan fingerprint density at radius 3 is 3.00 bits per heavy atom. The molecule has 6 heteroatoms. The first-order valence-corrected chi connectivity index (χ1v) is 7.17. The number of alkyl halides is 1. The van der Waals surface area contributed by atoms with Gasteiger partial charge in [-0.25, -0.2) is 0 Å².